The Hall–Kier alpha value is -2.15. The van der Waals surface area contributed by atoms with Gasteiger partial charge < -0.3 is 15.4 Å². The first-order chi connectivity index (χ1) is 9.32. The number of nitrogen functional groups attached to an aromatic ring is 1. The topological polar surface area (TPSA) is 98.7 Å². The van der Waals surface area contributed by atoms with Crippen LogP contribution in [0, 0.1) is 10.1 Å². The highest BCUT2D eigenvalue weighted by molar-refractivity contribution is 6.00. The van der Waals surface area contributed by atoms with Crippen molar-refractivity contribution in [2.45, 2.75) is 19.4 Å². The van der Waals surface area contributed by atoms with Crippen molar-refractivity contribution >= 4 is 17.3 Å². The molecule has 0 aromatic heterocycles. The average molecular weight is 279 g/mol. The van der Waals surface area contributed by atoms with Gasteiger partial charge in [0.1, 0.15) is 11.3 Å². The van der Waals surface area contributed by atoms with Crippen molar-refractivity contribution in [3.63, 3.8) is 0 Å². The second-order valence-corrected chi connectivity index (χ2v) is 5.34. The number of nitro groups is 1. The molecule has 108 valence electrons. The molecule has 0 atom stereocenters. The fraction of sp³-hybridized carbons (Fsp3) is 0.462. The zero-order valence-electron chi connectivity index (χ0n) is 11.5. The van der Waals surface area contributed by atoms with E-state index in [4.69, 9.17) is 10.5 Å². The molecule has 1 saturated heterocycles. The Morgan fingerprint density at radius 2 is 2.20 bits per heavy atom. The van der Waals surface area contributed by atoms with Gasteiger partial charge in [-0.3, -0.25) is 14.9 Å². The van der Waals surface area contributed by atoms with Crippen LogP contribution in [0.2, 0.25) is 0 Å². The standard InChI is InChI=1S/C13H17N3O4/c1-13(2)8-15(6-7-20-13)12(17)9-4-3-5-10(14)11(9)16(18)19/h3-5H,6-8,14H2,1-2H3. The number of hydrogen-bond donors (Lipinski definition) is 1. The Labute approximate surface area is 116 Å². The van der Waals surface area contributed by atoms with Gasteiger partial charge in [-0.2, -0.15) is 0 Å². The van der Waals surface area contributed by atoms with Gasteiger partial charge in [0.2, 0.25) is 0 Å². The molecule has 0 unspecified atom stereocenters. The minimum absolute atomic E-state index is 0.00614. The van der Waals surface area contributed by atoms with Gasteiger partial charge >= 0.3 is 5.69 Å². The number of hydrogen-bond acceptors (Lipinski definition) is 5. The minimum atomic E-state index is -0.617. The normalized spacial score (nSPS) is 17.8. The van der Waals surface area contributed by atoms with E-state index in [1.807, 2.05) is 13.8 Å². The van der Waals surface area contributed by atoms with Gasteiger partial charge in [0.25, 0.3) is 5.91 Å². The highest BCUT2D eigenvalue weighted by Gasteiger charge is 2.33. The van der Waals surface area contributed by atoms with E-state index in [1.54, 1.807) is 11.0 Å². The second kappa shape index (κ2) is 5.09. The number of carbonyl (C=O) groups is 1. The van der Waals surface area contributed by atoms with Gasteiger partial charge in [-0.15, -0.1) is 0 Å². The first kappa shape index (κ1) is 14.3. The van der Waals surface area contributed by atoms with E-state index in [-0.39, 0.29) is 22.8 Å². The van der Waals surface area contributed by atoms with Crippen LogP contribution in [0.3, 0.4) is 0 Å². The third-order valence-corrected chi connectivity index (χ3v) is 3.19. The number of para-hydroxylation sites is 1. The number of nitro benzene ring substituents is 1. The quantitative estimate of drug-likeness (QED) is 0.501. The van der Waals surface area contributed by atoms with Crippen molar-refractivity contribution < 1.29 is 14.5 Å². The summed E-state index contributed by atoms with van der Waals surface area (Å²) in [5, 5.41) is 11.1. The summed E-state index contributed by atoms with van der Waals surface area (Å²) in [7, 11) is 0. The van der Waals surface area contributed by atoms with Crippen molar-refractivity contribution in [2.24, 2.45) is 0 Å². The van der Waals surface area contributed by atoms with Crippen LogP contribution in [0.5, 0.6) is 0 Å². The predicted octanol–water partition coefficient (Wildman–Crippen LogP) is 1.43. The number of carbonyl (C=O) groups excluding carboxylic acids is 1. The molecule has 2 rings (SSSR count). The number of nitrogens with zero attached hydrogens (tertiary/aromatic N) is 2. The fourth-order valence-corrected chi connectivity index (χ4v) is 2.30. The van der Waals surface area contributed by atoms with Gasteiger partial charge in [-0.25, -0.2) is 0 Å². The molecule has 0 radical (unpaired) electrons. The lowest BCUT2D eigenvalue weighted by atomic mass is 10.1. The molecule has 0 bridgehead atoms. The molecule has 0 saturated carbocycles. The lowest BCUT2D eigenvalue weighted by Gasteiger charge is -2.38. The molecule has 1 aromatic rings. The summed E-state index contributed by atoms with van der Waals surface area (Å²) >= 11 is 0. The number of nitrogens with two attached hydrogens (primary N) is 1. The number of amides is 1. The molecule has 7 nitrogen and oxygen atoms in total. The Morgan fingerprint density at radius 1 is 1.50 bits per heavy atom. The Bertz CT molecular complexity index is 557. The molecule has 0 aliphatic carbocycles. The summed E-state index contributed by atoms with van der Waals surface area (Å²) in [6.07, 6.45) is 0. The number of anilines is 1. The molecular weight excluding hydrogens is 262 g/mol. The predicted molar refractivity (Wildman–Crippen MR) is 73.4 cm³/mol. The highest BCUT2D eigenvalue weighted by atomic mass is 16.6. The first-order valence-corrected chi connectivity index (χ1v) is 6.28. The summed E-state index contributed by atoms with van der Waals surface area (Å²) in [6.45, 7) is 4.96. The lowest BCUT2D eigenvalue weighted by molar-refractivity contribution is -0.384. The van der Waals surface area contributed by atoms with Crippen LogP contribution in [-0.2, 0) is 4.74 Å². The van der Waals surface area contributed by atoms with E-state index in [0.29, 0.717) is 19.7 Å². The molecule has 1 amide bonds. The van der Waals surface area contributed by atoms with Crippen molar-refractivity contribution in [1.82, 2.24) is 4.90 Å². The van der Waals surface area contributed by atoms with Crippen LogP contribution in [0.25, 0.3) is 0 Å². The summed E-state index contributed by atoms with van der Waals surface area (Å²) < 4.78 is 5.53. The third-order valence-electron chi connectivity index (χ3n) is 3.19. The number of rotatable bonds is 2. The Kier molecular flexibility index (Phi) is 3.63. The number of benzene rings is 1. The maximum Gasteiger partial charge on any atom is 0.304 e. The van der Waals surface area contributed by atoms with E-state index >= 15 is 0 Å². The lowest BCUT2D eigenvalue weighted by Crippen LogP contribution is -2.50. The summed E-state index contributed by atoms with van der Waals surface area (Å²) in [6, 6.07) is 4.39. The van der Waals surface area contributed by atoms with Crippen molar-refractivity contribution in [1.29, 1.82) is 0 Å². The van der Waals surface area contributed by atoms with Gasteiger partial charge in [0.05, 0.1) is 17.1 Å². The molecule has 20 heavy (non-hydrogen) atoms. The zero-order chi connectivity index (χ0) is 14.9. The van der Waals surface area contributed by atoms with Crippen LogP contribution >= 0.6 is 0 Å². The molecule has 1 fully saturated rings. The molecular formula is C13H17N3O4. The van der Waals surface area contributed by atoms with E-state index in [0.717, 1.165) is 0 Å². The Balaban J connectivity index is 2.34. The van der Waals surface area contributed by atoms with Crippen LogP contribution in [-0.4, -0.2) is 41.0 Å². The van der Waals surface area contributed by atoms with E-state index < -0.39 is 10.5 Å². The fourth-order valence-electron chi connectivity index (χ4n) is 2.30. The molecule has 7 heteroatoms. The van der Waals surface area contributed by atoms with Gasteiger partial charge in [0.15, 0.2) is 0 Å². The largest absolute Gasteiger partial charge is 0.393 e. The van der Waals surface area contributed by atoms with Crippen LogP contribution < -0.4 is 5.73 Å². The molecule has 1 aromatic carbocycles. The van der Waals surface area contributed by atoms with Gasteiger partial charge in [-0.1, -0.05) is 6.07 Å². The summed E-state index contributed by atoms with van der Waals surface area (Å²) in [4.78, 5) is 24.5. The van der Waals surface area contributed by atoms with E-state index in [9.17, 15) is 14.9 Å². The first-order valence-electron chi connectivity index (χ1n) is 6.28. The van der Waals surface area contributed by atoms with Gasteiger partial charge in [0, 0.05) is 13.1 Å². The van der Waals surface area contributed by atoms with Crippen LogP contribution in [0.1, 0.15) is 24.2 Å². The SMILES string of the molecule is CC1(C)CN(C(=O)c2cccc(N)c2[N+](=O)[O-])CCO1. The minimum Gasteiger partial charge on any atom is -0.393 e. The zero-order valence-corrected chi connectivity index (χ0v) is 11.5. The molecule has 2 N–H and O–H groups in total. The number of morpholine rings is 1. The molecule has 0 spiro atoms. The third kappa shape index (κ3) is 2.72. The molecule has 1 aliphatic heterocycles. The van der Waals surface area contributed by atoms with Crippen LogP contribution in [0.15, 0.2) is 18.2 Å². The maximum atomic E-state index is 12.5. The smallest absolute Gasteiger partial charge is 0.304 e. The molecule has 1 aliphatic rings. The van der Waals surface area contributed by atoms with Crippen molar-refractivity contribution in [3.05, 3.63) is 33.9 Å². The Morgan fingerprint density at radius 3 is 2.80 bits per heavy atom. The maximum absolute atomic E-state index is 12.5. The van der Waals surface area contributed by atoms with Crippen molar-refractivity contribution in [2.75, 3.05) is 25.4 Å². The monoisotopic (exact) mass is 279 g/mol. The molecule has 1 heterocycles. The van der Waals surface area contributed by atoms with E-state index in [1.165, 1.54) is 12.1 Å². The second-order valence-electron chi connectivity index (χ2n) is 5.34. The number of ether oxygens (including phenoxy) is 1. The van der Waals surface area contributed by atoms with Crippen molar-refractivity contribution in [3.8, 4) is 0 Å². The van der Waals surface area contributed by atoms with E-state index in [2.05, 4.69) is 0 Å². The average Bonchev–Trinajstić information content (AvgIpc) is 2.35. The van der Waals surface area contributed by atoms with Gasteiger partial charge in [-0.05, 0) is 26.0 Å². The van der Waals surface area contributed by atoms with Crippen LogP contribution in [0.4, 0.5) is 11.4 Å². The summed E-state index contributed by atoms with van der Waals surface area (Å²) in [5.74, 6) is -0.389. The highest BCUT2D eigenvalue weighted by Crippen LogP contribution is 2.28. The summed E-state index contributed by atoms with van der Waals surface area (Å²) in [5.41, 5.74) is 4.83.